The van der Waals surface area contributed by atoms with Gasteiger partial charge in [0, 0.05) is 16.7 Å². The first-order chi connectivity index (χ1) is 5.43. The van der Waals surface area contributed by atoms with Crippen molar-refractivity contribution in [1.82, 2.24) is 4.31 Å². The van der Waals surface area contributed by atoms with Crippen LogP contribution in [0.5, 0.6) is 0 Å². The third-order valence-corrected chi connectivity index (χ3v) is 3.81. The van der Waals surface area contributed by atoms with Gasteiger partial charge in [0.25, 0.3) is 0 Å². The van der Waals surface area contributed by atoms with Crippen molar-refractivity contribution >= 4 is 28.1 Å². The van der Waals surface area contributed by atoms with Gasteiger partial charge < -0.3 is 0 Å². The molecule has 0 bridgehead atoms. The fraction of sp³-hybridized carbons (Fsp3) is 0.857. The van der Waals surface area contributed by atoms with Gasteiger partial charge in [-0.15, -0.1) is 0 Å². The van der Waals surface area contributed by atoms with Gasteiger partial charge >= 0.3 is 0 Å². The molecule has 11 heavy (non-hydrogen) atoms. The molecule has 0 unspecified atom stereocenters. The van der Waals surface area contributed by atoms with E-state index < -0.39 is 0 Å². The minimum Gasteiger partial charge on any atom is -0.296 e. The Bertz CT molecular complexity index is 128. The number of nitrogens with zero attached hydrogens (tertiary/aromatic N) is 2. The van der Waals surface area contributed by atoms with Gasteiger partial charge in [0.2, 0.25) is 0 Å². The van der Waals surface area contributed by atoms with Gasteiger partial charge in [-0.25, -0.2) is 0 Å². The van der Waals surface area contributed by atoms with Crippen LogP contribution in [-0.2, 0) is 0 Å². The van der Waals surface area contributed by atoms with Crippen molar-refractivity contribution in [1.29, 1.82) is 0 Å². The largest absolute Gasteiger partial charge is 0.296 e. The first-order valence-electron chi connectivity index (χ1n) is 3.99. The lowest BCUT2D eigenvalue weighted by molar-refractivity contribution is 0.755. The van der Waals surface area contributed by atoms with Crippen LogP contribution in [0.25, 0.3) is 0 Å². The van der Waals surface area contributed by atoms with E-state index in [0.29, 0.717) is 0 Å². The molecule has 0 aromatic rings. The van der Waals surface area contributed by atoms with E-state index in [-0.39, 0.29) is 0 Å². The molecular weight excluding hydrogens is 176 g/mol. The van der Waals surface area contributed by atoms with Gasteiger partial charge in [0.05, 0.1) is 19.4 Å². The minimum atomic E-state index is 0.974. The molecule has 1 aliphatic rings. The molecule has 0 aliphatic carbocycles. The molecule has 1 rings (SSSR count). The second kappa shape index (κ2) is 5.77. The van der Waals surface area contributed by atoms with Crippen LogP contribution in [-0.4, -0.2) is 29.5 Å². The summed E-state index contributed by atoms with van der Waals surface area (Å²) >= 11 is 0. The van der Waals surface area contributed by atoms with Gasteiger partial charge in [-0.2, -0.15) is 0 Å². The van der Waals surface area contributed by atoms with Crippen molar-refractivity contribution in [2.45, 2.75) is 19.8 Å². The third-order valence-electron chi connectivity index (χ3n) is 1.39. The van der Waals surface area contributed by atoms with Gasteiger partial charge in [-0.3, -0.25) is 9.30 Å². The average molecular weight is 190 g/mol. The highest BCUT2D eigenvalue weighted by atomic mass is 33.1. The lowest BCUT2D eigenvalue weighted by Crippen LogP contribution is -2.07. The van der Waals surface area contributed by atoms with Gasteiger partial charge in [-0.05, 0) is 6.42 Å². The van der Waals surface area contributed by atoms with E-state index in [9.17, 15) is 0 Å². The summed E-state index contributed by atoms with van der Waals surface area (Å²) in [5, 5.41) is 0. The van der Waals surface area contributed by atoms with Crippen LogP contribution in [0.1, 0.15) is 19.8 Å². The predicted molar refractivity (Wildman–Crippen MR) is 55.0 cm³/mol. The van der Waals surface area contributed by atoms with E-state index in [4.69, 9.17) is 0 Å². The SMILES string of the molecule is CCCCSSN1C=NCC1. The Balaban J connectivity index is 1.90. The Kier molecular flexibility index (Phi) is 4.86. The first-order valence-corrected chi connectivity index (χ1v) is 6.27. The van der Waals surface area contributed by atoms with E-state index in [0.717, 1.165) is 13.1 Å². The first kappa shape index (κ1) is 9.26. The van der Waals surface area contributed by atoms with Crippen LogP contribution < -0.4 is 0 Å². The van der Waals surface area contributed by atoms with Crippen molar-refractivity contribution in [3.05, 3.63) is 0 Å². The van der Waals surface area contributed by atoms with Crippen LogP contribution in [0.15, 0.2) is 4.99 Å². The number of aliphatic imine (C=N–C) groups is 1. The molecule has 0 radical (unpaired) electrons. The molecule has 2 nitrogen and oxygen atoms in total. The third kappa shape index (κ3) is 3.91. The van der Waals surface area contributed by atoms with Crippen LogP contribution in [0.4, 0.5) is 0 Å². The summed E-state index contributed by atoms with van der Waals surface area (Å²) in [7, 11) is 3.75. The van der Waals surface area contributed by atoms with E-state index in [2.05, 4.69) is 16.2 Å². The van der Waals surface area contributed by atoms with Crippen molar-refractivity contribution in [2.75, 3.05) is 18.8 Å². The Hall–Kier alpha value is 0.170. The lowest BCUT2D eigenvalue weighted by atomic mass is 10.4. The highest BCUT2D eigenvalue weighted by molar-refractivity contribution is 8.75. The zero-order valence-corrected chi connectivity index (χ0v) is 8.46. The zero-order chi connectivity index (χ0) is 7.94. The van der Waals surface area contributed by atoms with Gasteiger partial charge in [0.15, 0.2) is 0 Å². The predicted octanol–water partition coefficient (Wildman–Crippen LogP) is 2.43. The molecule has 0 saturated heterocycles. The molecule has 0 aromatic heterocycles. The molecule has 1 heterocycles. The maximum absolute atomic E-state index is 4.13. The Morgan fingerprint density at radius 1 is 1.64 bits per heavy atom. The topological polar surface area (TPSA) is 15.6 Å². The smallest absolute Gasteiger partial charge is 0.0957 e. The Morgan fingerprint density at radius 2 is 2.55 bits per heavy atom. The molecule has 1 aliphatic heterocycles. The Labute approximate surface area is 76.4 Å². The summed E-state index contributed by atoms with van der Waals surface area (Å²) < 4.78 is 2.19. The molecule has 0 spiro atoms. The van der Waals surface area contributed by atoms with Crippen LogP contribution >= 0.6 is 21.8 Å². The fourth-order valence-electron chi connectivity index (χ4n) is 0.728. The van der Waals surface area contributed by atoms with Gasteiger partial charge in [0.1, 0.15) is 0 Å². The molecule has 0 N–H and O–H groups in total. The highest BCUT2D eigenvalue weighted by Gasteiger charge is 2.04. The minimum absolute atomic E-state index is 0.974. The normalized spacial score (nSPS) is 16.3. The summed E-state index contributed by atoms with van der Waals surface area (Å²) in [6.07, 6.45) is 4.55. The van der Waals surface area contributed by atoms with Gasteiger partial charge in [-0.1, -0.05) is 24.1 Å². The maximum atomic E-state index is 4.13. The van der Waals surface area contributed by atoms with Crippen molar-refractivity contribution in [2.24, 2.45) is 4.99 Å². The number of rotatable bonds is 5. The number of hydrogen-bond acceptors (Lipinski definition) is 4. The molecular formula is C7H14N2S2. The quantitative estimate of drug-likeness (QED) is 0.376. The fourth-order valence-corrected chi connectivity index (χ4v) is 2.93. The van der Waals surface area contributed by atoms with Crippen molar-refractivity contribution in [3.8, 4) is 0 Å². The average Bonchev–Trinajstić information content (AvgIpc) is 2.50. The monoisotopic (exact) mass is 190 g/mol. The van der Waals surface area contributed by atoms with Crippen LogP contribution in [0.2, 0.25) is 0 Å². The second-order valence-electron chi connectivity index (χ2n) is 2.41. The number of hydrogen-bond donors (Lipinski definition) is 0. The Morgan fingerprint density at radius 3 is 3.18 bits per heavy atom. The summed E-state index contributed by atoms with van der Waals surface area (Å²) in [5.74, 6) is 1.26. The number of unbranched alkanes of at least 4 members (excludes halogenated alkanes) is 1. The second-order valence-corrected chi connectivity index (χ2v) is 4.83. The molecule has 4 heteroatoms. The van der Waals surface area contributed by atoms with E-state index >= 15 is 0 Å². The molecule has 0 fully saturated rings. The molecule has 64 valence electrons. The highest BCUT2D eigenvalue weighted by Crippen LogP contribution is 2.26. The molecule has 0 aromatic carbocycles. The summed E-state index contributed by atoms with van der Waals surface area (Å²) in [6.45, 7) is 4.29. The summed E-state index contributed by atoms with van der Waals surface area (Å²) in [5.41, 5.74) is 0. The molecule has 0 saturated carbocycles. The zero-order valence-electron chi connectivity index (χ0n) is 6.82. The standard InChI is InChI=1S/C7H14N2S2/c1-2-3-6-10-11-9-5-4-8-7-9/h7H,2-6H2,1H3. The summed E-state index contributed by atoms with van der Waals surface area (Å²) in [4.78, 5) is 4.13. The van der Waals surface area contributed by atoms with Crippen LogP contribution in [0, 0.1) is 0 Å². The maximum Gasteiger partial charge on any atom is 0.0957 e. The van der Waals surface area contributed by atoms with E-state index in [1.54, 1.807) is 0 Å². The van der Waals surface area contributed by atoms with E-state index in [1.165, 1.54) is 18.6 Å². The van der Waals surface area contributed by atoms with Crippen molar-refractivity contribution in [3.63, 3.8) is 0 Å². The van der Waals surface area contributed by atoms with Crippen molar-refractivity contribution < 1.29 is 0 Å². The lowest BCUT2D eigenvalue weighted by Gasteiger charge is -2.09. The van der Waals surface area contributed by atoms with E-state index in [1.807, 2.05) is 28.1 Å². The van der Waals surface area contributed by atoms with Crippen LogP contribution in [0.3, 0.4) is 0 Å². The molecule has 0 amide bonds. The summed E-state index contributed by atoms with van der Waals surface area (Å²) in [6, 6.07) is 0. The molecule has 0 atom stereocenters.